The zero-order valence-corrected chi connectivity index (χ0v) is 20.2. The number of thiocarbonyl (C=S) groups is 1. The number of rotatable bonds is 9. The van der Waals surface area contributed by atoms with Crippen molar-refractivity contribution in [3.8, 4) is 11.4 Å². The molecule has 6 nitrogen and oxygen atoms in total. The van der Waals surface area contributed by atoms with E-state index in [9.17, 15) is 0 Å². The Morgan fingerprint density at radius 2 is 1.85 bits per heavy atom. The summed E-state index contributed by atoms with van der Waals surface area (Å²) in [5.41, 5.74) is 5.26. The molecule has 2 heterocycles. The van der Waals surface area contributed by atoms with Crippen molar-refractivity contribution in [3.63, 3.8) is 0 Å². The van der Waals surface area contributed by atoms with E-state index in [0.717, 1.165) is 41.8 Å². The van der Waals surface area contributed by atoms with E-state index in [4.69, 9.17) is 26.5 Å². The van der Waals surface area contributed by atoms with Crippen LogP contribution in [0, 0.1) is 0 Å². The molecule has 1 aliphatic heterocycles. The van der Waals surface area contributed by atoms with E-state index in [2.05, 4.69) is 53.5 Å². The first-order valence-corrected chi connectivity index (χ1v) is 11.9. The number of aromatic nitrogens is 2. The van der Waals surface area contributed by atoms with Crippen LogP contribution in [0.15, 0.2) is 64.8 Å². The van der Waals surface area contributed by atoms with Crippen molar-refractivity contribution in [2.45, 2.75) is 39.7 Å². The molecule has 0 aliphatic carbocycles. The van der Waals surface area contributed by atoms with Crippen molar-refractivity contribution < 1.29 is 9.26 Å². The lowest BCUT2D eigenvalue weighted by Gasteiger charge is -2.37. The number of nitrogens with zero attached hydrogens (tertiary/aromatic N) is 3. The molecule has 0 spiro atoms. The zero-order chi connectivity index (χ0) is 23.2. The number of benzene rings is 2. The predicted molar refractivity (Wildman–Crippen MR) is 134 cm³/mol. The first-order chi connectivity index (χ1) is 16.1. The normalized spacial score (nSPS) is 16.3. The minimum atomic E-state index is -0.169. The average molecular weight is 463 g/mol. The average Bonchev–Trinajstić information content (AvgIpc) is 3.33. The van der Waals surface area contributed by atoms with E-state index in [1.165, 1.54) is 5.56 Å². The molecular weight excluding hydrogens is 432 g/mol. The van der Waals surface area contributed by atoms with Crippen molar-refractivity contribution >= 4 is 22.9 Å². The molecule has 0 amide bonds. The Morgan fingerprint density at radius 3 is 2.55 bits per heavy atom. The molecule has 4 rings (SSSR count). The molecule has 0 radical (unpaired) electrons. The number of nitrogens with one attached hydrogen (secondary N) is 1. The number of ether oxygens (including phenoxy) is 1. The van der Waals surface area contributed by atoms with Crippen LogP contribution in [-0.2, 0) is 11.2 Å². The highest BCUT2D eigenvalue weighted by molar-refractivity contribution is 7.80. The molecule has 1 unspecified atom stereocenters. The Morgan fingerprint density at radius 1 is 1.09 bits per heavy atom. The smallest absolute Gasteiger partial charge is 0.258 e. The van der Waals surface area contributed by atoms with E-state index < -0.39 is 0 Å². The van der Waals surface area contributed by atoms with Gasteiger partial charge < -0.3 is 19.5 Å². The van der Waals surface area contributed by atoms with Gasteiger partial charge in [0.2, 0.25) is 5.82 Å². The van der Waals surface area contributed by atoms with Gasteiger partial charge >= 0.3 is 0 Å². The molecule has 1 atom stereocenters. The molecule has 0 saturated heterocycles. The summed E-state index contributed by atoms with van der Waals surface area (Å²) in [5.74, 6) is 1.08. The van der Waals surface area contributed by atoms with Crippen LogP contribution in [0.25, 0.3) is 17.0 Å². The Hall–Kier alpha value is -3.03. The van der Waals surface area contributed by atoms with Crippen molar-refractivity contribution in [2.75, 3.05) is 19.8 Å². The van der Waals surface area contributed by atoms with Crippen molar-refractivity contribution in [1.82, 2.24) is 20.4 Å². The van der Waals surface area contributed by atoms with Gasteiger partial charge in [-0.25, -0.2) is 0 Å². The van der Waals surface area contributed by atoms with Gasteiger partial charge in [0, 0.05) is 31.0 Å². The minimum absolute atomic E-state index is 0.169. The lowest BCUT2D eigenvalue weighted by molar-refractivity contribution is 0.141. The van der Waals surface area contributed by atoms with Crippen LogP contribution in [-0.4, -0.2) is 39.9 Å². The molecule has 0 saturated carbocycles. The number of hydrogen-bond acceptors (Lipinski definition) is 5. The second kappa shape index (κ2) is 10.7. The highest BCUT2D eigenvalue weighted by Gasteiger charge is 2.33. The molecule has 1 aromatic heterocycles. The minimum Gasteiger partial charge on any atom is -0.382 e. The maximum atomic E-state index is 5.81. The fourth-order valence-electron chi connectivity index (χ4n) is 4.03. The van der Waals surface area contributed by atoms with E-state index in [-0.39, 0.29) is 6.04 Å². The van der Waals surface area contributed by atoms with Gasteiger partial charge in [-0.2, -0.15) is 4.98 Å². The fourth-order valence-corrected chi connectivity index (χ4v) is 4.38. The van der Waals surface area contributed by atoms with E-state index >= 15 is 0 Å². The number of hydrogen-bond donors (Lipinski definition) is 1. The van der Waals surface area contributed by atoms with Gasteiger partial charge in [0.1, 0.15) is 0 Å². The van der Waals surface area contributed by atoms with Crippen LogP contribution in [0.1, 0.15) is 50.3 Å². The Bertz CT molecular complexity index is 1110. The summed E-state index contributed by atoms with van der Waals surface area (Å²) in [7, 11) is 0. The summed E-state index contributed by atoms with van der Waals surface area (Å²) in [6.07, 6.45) is 1.86. The molecule has 1 N–H and O–H groups in total. The van der Waals surface area contributed by atoms with Crippen LogP contribution in [0.4, 0.5) is 0 Å². The van der Waals surface area contributed by atoms with Crippen molar-refractivity contribution in [1.29, 1.82) is 0 Å². The summed E-state index contributed by atoms with van der Waals surface area (Å²) in [4.78, 5) is 6.88. The van der Waals surface area contributed by atoms with Gasteiger partial charge in [-0.05, 0) is 50.0 Å². The summed E-state index contributed by atoms with van der Waals surface area (Å²) in [6, 6.07) is 18.3. The Kier molecular flexibility index (Phi) is 7.52. The molecule has 7 heteroatoms. The van der Waals surface area contributed by atoms with Crippen molar-refractivity contribution in [3.05, 3.63) is 77.3 Å². The molecule has 0 bridgehead atoms. The third kappa shape index (κ3) is 5.15. The fraction of sp³-hybridized carbons (Fsp3) is 0.346. The maximum absolute atomic E-state index is 5.81. The first-order valence-electron chi connectivity index (χ1n) is 11.5. The lowest BCUT2D eigenvalue weighted by Crippen LogP contribution is -2.46. The summed E-state index contributed by atoms with van der Waals surface area (Å²) in [6.45, 7) is 8.37. The molecule has 1 aliphatic rings. The van der Waals surface area contributed by atoms with Crippen LogP contribution >= 0.6 is 12.2 Å². The summed E-state index contributed by atoms with van der Waals surface area (Å²) < 4.78 is 11.3. The monoisotopic (exact) mass is 462 g/mol. The van der Waals surface area contributed by atoms with Gasteiger partial charge in [-0.15, -0.1) is 0 Å². The second-order valence-electron chi connectivity index (χ2n) is 7.97. The highest BCUT2D eigenvalue weighted by Crippen LogP contribution is 2.37. The SMILES string of the molecule is CCOCCCN1C(=S)NC(c2ccccc2)C(c2nc(-c3ccc(CC)cc3)no2)=C1C. The van der Waals surface area contributed by atoms with Gasteiger partial charge in [0.15, 0.2) is 5.11 Å². The van der Waals surface area contributed by atoms with Crippen molar-refractivity contribution in [2.24, 2.45) is 0 Å². The standard InChI is InChI=1S/C26H30N4O2S/c1-4-19-12-14-21(15-13-19)24-28-25(32-29-24)22-18(3)30(16-9-17-31-5-2)26(33)27-23(22)20-10-7-6-8-11-20/h6-8,10-15,23H,4-5,9,16-17H2,1-3H3,(H,27,33). The topological polar surface area (TPSA) is 63.4 Å². The van der Waals surface area contributed by atoms with Crippen LogP contribution in [0.5, 0.6) is 0 Å². The molecular formula is C26H30N4O2S. The molecule has 2 aromatic carbocycles. The summed E-state index contributed by atoms with van der Waals surface area (Å²) in [5, 5.41) is 8.48. The molecule has 3 aromatic rings. The van der Waals surface area contributed by atoms with Crippen LogP contribution in [0.2, 0.25) is 0 Å². The van der Waals surface area contributed by atoms with Gasteiger partial charge in [0.25, 0.3) is 5.89 Å². The van der Waals surface area contributed by atoms with Gasteiger partial charge in [-0.1, -0.05) is 66.7 Å². The van der Waals surface area contributed by atoms with E-state index in [0.29, 0.717) is 30.0 Å². The number of aryl methyl sites for hydroxylation is 1. The quantitative estimate of drug-likeness (QED) is 0.338. The zero-order valence-electron chi connectivity index (χ0n) is 19.4. The predicted octanol–water partition coefficient (Wildman–Crippen LogP) is 5.39. The third-order valence-corrected chi connectivity index (χ3v) is 6.22. The molecule has 0 fully saturated rings. The summed E-state index contributed by atoms with van der Waals surface area (Å²) >= 11 is 5.74. The second-order valence-corrected chi connectivity index (χ2v) is 8.35. The third-order valence-electron chi connectivity index (χ3n) is 5.88. The highest BCUT2D eigenvalue weighted by atomic mass is 32.1. The number of allylic oxidation sites excluding steroid dienone is 1. The molecule has 33 heavy (non-hydrogen) atoms. The Balaban J connectivity index is 1.70. The van der Waals surface area contributed by atoms with E-state index in [1.807, 2.05) is 37.3 Å². The first kappa shape index (κ1) is 23.1. The molecule has 172 valence electrons. The lowest BCUT2D eigenvalue weighted by atomic mass is 9.95. The van der Waals surface area contributed by atoms with E-state index in [1.54, 1.807) is 0 Å². The Labute approximate surface area is 200 Å². The van der Waals surface area contributed by atoms with Crippen LogP contribution < -0.4 is 5.32 Å². The largest absolute Gasteiger partial charge is 0.382 e. The van der Waals surface area contributed by atoms with Gasteiger partial charge in [-0.3, -0.25) is 0 Å². The van der Waals surface area contributed by atoms with Gasteiger partial charge in [0.05, 0.1) is 11.6 Å². The maximum Gasteiger partial charge on any atom is 0.258 e. The van der Waals surface area contributed by atoms with Crippen LogP contribution in [0.3, 0.4) is 0 Å².